The number of nitrogens with zero attached hydrogens (tertiary/aromatic N) is 1. The van der Waals surface area contributed by atoms with Crippen molar-refractivity contribution in [2.75, 3.05) is 27.9 Å². The number of fused-ring (bicyclic) bond motifs is 1. The van der Waals surface area contributed by atoms with E-state index in [4.69, 9.17) is 14.2 Å². The molecule has 0 bridgehead atoms. The lowest BCUT2D eigenvalue weighted by Crippen LogP contribution is -2.38. The van der Waals surface area contributed by atoms with E-state index in [1.54, 1.807) is 21.3 Å². The zero-order chi connectivity index (χ0) is 22.0. The first-order valence-corrected chi connectivity index (χ1v) is 10.8. The van der Waals surface area contributed by atoms with E-state index in [9.17, 15) is 4.79 Å². The third kappa shape index (κ3) is 4.26. The average Bonchev–Trinajstić information content (AvgIpc) is 2.82. The minimum absolute atomic E-state index is 0.00597. The van der Waals surface area contributed by atoms with Gasteiger partial charge in [-0.2, -0.15) is 0 Å². The summed E-state index contributed by atoms with van der Waals surface area (Å²) in [6.45, 7) is 1.08. The van der Waals surface area contributed by atoms with Crippen LogP contribution in [-0.4, -0.2) is 38.7 Å². The van der Waals surface area contributed by atoms with Crippen molar-refractivity contribution < 1.29 is 19.0 Å². The van der Waals surface area contributed by atoms with Crippen LogP contribution in [-0.2, 0) is 6.54 Å². The zero-order valence-corrected chi connectivity index (χ0v) is 19.3. The van der Waals surface area contributed by atoms with E-state index in [0.29, 0.717) is 30.2 Å². The Hall–Kier alpha value is -2.99. The van der Waals surface area contributed by atoms with Crippen LogP contribution in [0.2, 0.25) is 0 Å². The van der Waals surface area contributed by atoms with Gasteiger partial charge in [0.15, 0.2) is 11.5 Å². The summed E-state index contributed by atoms with van der Waals surface area (Å²) < 4.78 is 17.3. The van der Waals surface area contributed by atoms with Crippen molar-refractivity contribution >= 4 is 21.8 Å². The predicted octanol–water partition coefficient (Wildman–Crippen LogP) is 5.26. The highest BCUT2D eigenvalue weighted by molar-refractivity contribution is 9.10. The fourth-order valence-electron chi connectivity index (χ4n) is 4.04. The monoisotopic (exact) mass is 481 g/mol. The molecule has 160 valence electrons. The maximum absolute atomic E-state index is 13.3. The molecule has 0 fully saturated rings. The van der Waals surface area contributed by atoms with E-state index in [0.717, 1.165) is 26.9 Å². The molecule has 1 heterocycles. The number of benzene rings is 3. The van der Waals surface area contributed by atoms with Crippen molar-refractivity contribution in [1.29, 1.82) is 0 Å². The average molecular weight is 482 g/mol. The van der Waals surface area contributed by atoms with Gasteiger partial charge in [0.05, 0.1) is 21.3 Å². The summed E-state index contributed by atoms with van der Waals surface area (Å²) in [4.78, 5) is 15.2. The first-order valence-electron chi connectivity index (χ1n) is 9.97. The van der Waals surface area contributed by atoms with Crippen LogP contribution in [0.25, 0.3) is 0 Å². The van der Waals surface area contributed by atoms with Gasteiger partial charge >= 0.3 is 0 Å². The van der Waals surface area contributed by atoms with Crippen molar-refractivity contribution in [2.24, 2.45) is 0 Å². The summed E-state index contributed by atoms with van der Waals surface area (Å²) in [7, 11) is 4.91. The van der Waals surface area contributed by atoms with Crippen LogP contribution in [0.5, 0.6) is 17.2 Å². The molecule has 3 aromatic rings. The Balaban J connectivity index is 1.77. The number of ether oxygens (including phenoxy) is 3. The van der Waals surface area contributed by atoms with Crippen LogP contribution >= 0.6 is 15.9 Å². The van der Waals surface area contributed by atoms with Crippen LogP contribution in [0.1, 0.15) is 33.0 Å². The number of hydrogen-bond acceptors (Lipinski definition) is 4. The standard InChI is InChI=1S/C25H24BrNO4/c1-29-20-10-6-16(7-11-20)22-15-27(25(28)17-4-8-19(26)9-5-17)14-18-12-23(30-2)24(31-3)13-21(18)22/h4-13,22H,14-15H2,1-3H3/t22-/m0/s1. The van der Waals surface area contributed by atoms with E-state index in [-0.39, 0.29) is 11.8 Å². The highest BCUT2D eigenvalue weighted by Crippen LogP contribution is 2.40. The summed E-state index contributed by atoms with van der Waals surface area (Å²) in [6, 6.07) is 19.5. The number of amides is 1. The fourth-order valence-corrected chi connectivity index (χ4v) is 4.30. The van der Waals surface area contributed by atoms with Gasteiger partial charge in [0.2, 0.25) is 0 Å². The number of hydrogen-bond donors (Lipinski definition) is 0. The molecule has 31 heavy (non-hydrogen) atoms. The second-order valence-electron chi connectivity index (χ2n) is 7.42. The molecule has 6 heteroatoms. The molecule has 0 saturated heterocycles. The third-order valence-corrected chi connectivity index (χ3v) is 6.21. The van der Waals surface area contributed by atoms with E-state index in [2.05, 4.69) is 28.1 Å². The number of carbonyl (C=O) groups is 1. The SMILES string of the molecule is COc1ccc([C@@H]2CN(C(=O)c3ccc(Br)cc3)Cc3cc(OC)c(OC)cc32)cc1. The molecule has 0 N–H and O–H groups in total. The van der Waals surface area contributed by atoms with Gasteiger partial charge in [0.25, 0.3) is 5.91 Å². The maximum atomic E-state index is 13.3. The molecule has 0 aliphatic carbocycles. The highest BCUT2D eigenvalue weighted by atomic mass is 79.9. The van der Waals surface area contributed by atoms with Crippen molar-refractivity contribution in [3.05, 3.63) is 87.4 Å². The number of carbonyl (C=O) groups excluding carboxylic acids is 1. The number of methoxy groups -OCH3 is 3. The lowest BCUT2D eigenvalue weighted by Gasteiger charge is -2.35. The number of halogens is 1. The minimum Gasteiger partial charge on any atom is -0.497 e. The Labute approximate surface area is 190 Å². The topological polar surface area (TPSA) is 48.0 Å². The van der Waals surface area contributed by atoms with E-state index in [1.807, 2.05) is 53.4 Å². The lowest BCUT2D eigenvalue weighted by atomic mass is 9.84. The third-order valence-electron chi connectivity index (χ3n) is 5.68. The second kappa shape index (κ2) is 9.02. The van der Waals surface area contributed by atoms with Gasteiger partial charge < -0.3 is 19.1 Å². The Morgan fingerprint density at radius 1 is 0.903 bits per heavy atom. The summed E-state index contributed by atoms with van der Waals surface area (Å²) >= 11 is 3.43. The highest BCUT2D eigenvalue weighted by Gasteiger charge is 2.31. The molecule has 3 aromatic carbocycles. The summed E-state index contributed by atoms with van der Waals surface area (Å²) in [5.74, 6) is 2.16. The van der Waals surface area contributed by atoms with E-state index in [1.165, 1.54) is 0 Å². The molecule has 0 spiro atoms. The lowest BCUT2D eigenvalue weighted by molar-refractivity contribution is 0.0724. The van der Waals surface area contributed by atoms with E-state index < -0.39 is 0 Å². The molecule has 0 radical (unpaired) electrons. The smallest absolute Gasteiger partial charge is 0.254 e. The van der Waals surface area contributed by atoms with Crippen molar-refractivity contribution in [3.8, 4) is 17.2 Å². The van der Waals surface area contributed by atoms with Gasteiger partial charge in [-0.05, 0) is 65.2 Å². The molecule has 0 saturated carbocycles. The van der Waals surface area contributed by atoms with Crippen LogP contribution in [0.3, 0.4) is 0 Å². The van der Waals surface area contributed by atoms with Gasteiger partial charge in [-0.25, -0.2) is 0 Å². The minimum atomic E-state index is 0.00597. The maximum Gasteiger partial charge on any atom is 0.254 e. The summed E-state index contributed by atoms with van der Waals surface area (Å²) in [6.07, 6.45) is 0. The molecular formula is C25H24BrNO4. The Morgan fingerprint density at radius 2 is 1.55 bits per heavy atom. The van der Waals surface area contributed by atoms with Crippen LogP contribution in [0.15, 0.2) is 65.1 Å². The fraction of sp³-hybridized carbons (Fsp3) is 0.240. The summed E-state index contributed by atoms with van der Waals surface area (Å²) in [5.41, 5.74) is 3.97. The first kappa shape index (κ1) is 21.2. The Kier molecular flexibility index (Phi) is 6.18. The van der Waals surface area contributed by atoms with Gasteiger partial charge in [-0.15, -0.1) is 0 Å². The molecule has 1 aliphatic heterocycles. The van der Waals surface area contributed by atoms with Gasteiger partial charge in [0.1, 0.15) is 5.75 Å². The van der Waals surface area contributed by atoms with Gasteiger partial charge in [-0.1, -0.05) is 28.1 Å². The summed E-state index contributed by atoms with van der Waals surface area (Å²) in [5, 5.41) is 0. The van der Waals surface area contributed by atoms with Crippen molar-refractivity contribution in [3.63, 3.8) is 0 Å². The normalized spacial score (nSPS) is 15.2. The van der Waals surface area contributed by atoms with Crippen LogP contribution in [0, 0.1) is 0 Å². The molecule has 5 nitrogen and oxygen atoms in total. The second-order valence-corrected chi connectivity index (χ2v) is 8.34. The quantitative estimate of drug-likeness (QED) is 0.498. The van der Waals surface area contributed by atoms with Gasteiger partial charge in [0, 0.05) is 29.0 Å². The first-order chi connectivity index (χ1) is 15.0. The van der Waals surface area contributed by atoms with E-state index >= 15 is 0 Å². The molecule has 4 rings (SSSR count). The van der Waals surface area contributed by atoms with Crippen LogP contribution in [0.4, 0.5) is 0 Å². The molecule has 0 unspecified atom stereocenters. The Bertz CT molecular complexity index is 1080. The molecule has 0 aromatic heterocycles. The molecule has 1 atom stereocenters. The number of rotatable bonds is 5. The Morgan fingerprint density at radius 3 is 2.16 bits per heavy atom. The zero-order valence-electron chi connectivity index (χ0n) is 17.7. The van der Waals surface area contributed by atoms with Gasteiger partial charge in [-0.3, -0.25) is 4.79 Å². The van der Waals surface area contributed by atoms with Crippen LogP contribution < -0.4 is 14.2 Å². The molecular weight excluding hydrogens is 458 g/mol. The largest absolute Gasteiger partial charge is 0.497 e. The van der Waals surface area contributed by atoms with Crippen molar-refractivity contribution in [2.45, 2.75) is 12.5 Å². The predicted molar refractivity (Wildman–Crippen MR) is 123 cm³/mol. The molecule has 1 amide bonds. The van der Waals surface area contributed by atoms with Crippen molar-refractivity contribution in [1.82, 2.24) is 4.90 Å². The molecule has 1 aliphatic rings.